The van der Waals surface area contributed by atoms with Crippen molar-refractivity contribution in [2.45, 2.75) is 45.5 Å². The van der Waals surface area contributed by atoms with Gasteiger partial charge in [-0.2, -0.15) is 0 Å². The smallest absolute Gasteiger partial charge is 0.117 e. The summed E-state index contributed by atoms with van der Waals surface area (Å²) in [5, 5.41) is 8.46. The van der Waals surface area contributed by atoms with Gasteiger partial charge >= 0.3 is 0 Å². The van der Waals surface area contributed by atoms with E-state index in [4.69, 9.17) is 0 Å². The van der Waals surface area contributed by atoms with Gasteiger partial charge in [-0.25, -0.2) is 0 Å². The molecule has 12 rings (SSSR count). The van der Waals surface area contributed by atoms with Gasteiger partial charge in [0, 0.05) is 39.2 Å². The summed E-state index contributed by atoms with van der Waals surface area (Å²) in [6, 6.07) is 73.1. The Hall–Kier alpha value is -6.99. The van der Waals surface area contributed by atoms with Gasteiger partial charge in [0.1, 0.15) is 16.1 Å². The molecule has 9 aromatic carbocycles. The lowest BCUT2D eigenvalue weighted by molar-refractivity contribution is 0.660. The Morgan fingerprint density at radius 1 is 0.369 bits per heavy atom. The van der Waals surface area contributed by atoms with Crippen LogP contribution in [0.5, 0.6) is 0 Å². The van der Waals surface area contributed by atoms with E-state index in [1.54, 1.807) is 0 Å². The molecule has 2 nitrogen and oxygen atoms in total. The number of fused-ring (bicyclic) bond motifs is 8. The van der Waals surface area contributed by atoms with E-state index >= 15 is 0 Å². The molecular formula is C61H52N2Si2. The summed E-state index contributed by atoms with van der Waals surface area (Å²) in [6.07, 6.45) is 4.53. The van der Waals surface area contributed by atoms with Crippen LogP contribution in [0.1, 0.15) is 36.1 Å². The van der Waals surface area contributed by atoms with Gasteiger partial charge in [-0.3, -0.25) is 0 Å². The fraction of sp³-hybridized carbons (Fsp3) is 0.115. The first-order chi connectivity index (χ1) is 31.5. The van der Waals surface area contributed by atoms with Crippen LogP contribution in [0.4, 0.5) is 34.1 Å². The highest BCUT2D eigenvalue weighted by Crippen LogP contribution is 2.51. The number of hydrogen-bond donors (Lipinski definition) is 0. The third-order valence-electron chi connectivity index (χ3n) is 15.0. The standard InChI is InChI=1S/C61H52N2Si2/c1-61(2)50-39-42(31-35-47(50)48-36-34-44(40-51(48)61)62-53-19-9-13-23-57(53)64(3,4)58-24-14-10-20-54(58)62)28-27-41-29-32-43(33-30-41)45-37-38-52(49-18-8-7-17-46(45)49)63-55-21-11-15-25-59(55)65(5,6)60-26-16-12-22-56(60)63/h7-40H,1-6H3. The zero-order valence-electron chi connectivity index (χ0n) is 38.0. The van der Waals surface area contributed by atoms with Crippen molar-refractivity contribution in [2.24, 2.45) is 0 Å². The van der Waals surface area contributed by atoms with Gasteiger partial charge < -0.3 is 9.80 Å². The normalized spacial score (nSPS) is 15.8. The molecule has 2 heterocycles. The van der Waals surface area contributed by atoms with Crippen LogP contribution in [0.3, 0.4) is 0 Å². The van der Waals surface area contributed by atoms with E-state index in [2.05, 4.69) is 256 Å². The molecule has 0 aromatic heterocycles. The second-order valence-electron chi connectivity index (χ2n) is 19.8. The maximum absolute atomic E-state index is 2.51. The maximum Gasteiger partial charge on any atom is 0.117 e. The highest BCUT2D eigenvalue weighted by molar-refractivity contribution is 7.03. The van der Waals surface area contributed by atoms with Crippen LogP contribution in [0.25, 0.3) is 45.2 Å². The highest BCUT2D eigenvalue weighted by atomic mass is 28.3. The number of nitrogens with zero attached hydrogens (tertiary/aromatic N) is 2. The quantitative estimate of drug-likeness (QED) is 0.126. The molecule has 0 bridgehead atoms. The largest absolute Gasteiger partial charge is 0.311 e. The van der Waals surface area contributed by atoms with Crippen LogP contribution in [-0.2, 0) is 5.41 Å². The Morgan fingerprint density at radius 2 is 0.800 bits per heavy atom. The van der Waals surface area contributed by atoms with Gasteiger partial charge in [-0.05, 0) is 113 Å². The van der Waals surface area contributed by atoms with Gasteiger partial charge in [-0.15, -0.1) is 0 Å². The summed E-state index contributed by atoms with van der Waals surface area (Å²) in [6.45, 7) is 14.7. The van der Waals surface area contributed by atoms with E-state index in [0.29, 0.717) is 0 Å². The lowest BCUT2D eigenvalue weighted by atomic mass is 9.81. The number of para-hydroxylation sites is 4. The number of rotatable bonds is 5. The minimum atomic E-state index is -1.87. The van der Waals surface area contributed by atoms with Gasteiger partial charge in [0.2, 0.25) is 0 Å². The molecule has 4 heteroatoms. The summed E-state index contributed by atoms with van der Waals surface area (Å²) in [4.78, 5) is 5.02. The van der Waals surface area contributed by atoms with Crippen LogP contribution in [0.2, 0.25) is 26.2 Å². The predicted octanol–water partition coefficient (Wildman–Crippen LogP) is 14.2. The molecule has 0 N–H and O–H groups in total. The number of benzene rings is 9. The molecule has 9 aromatic rings. The van der Waals surface area contributed by atoms with Gasteiger partial charge in [-0.1, -0.05) is 204 Å². The molecule has 0 fully saturated rings. The molecule has 314 valence electrons. The number of hydrogen-bond acceptors (Lipinski definition) is 2. The Balaban J connectivity index is 0.837. The van der Waals surface area contributed by atoms with E-state index in [-0.39, 0.29) is 5.41 Å². The zero-order valence-corrected chi connectivity index (χ0v) is 40.0. The first-order valence-corrected chi connectivity index (χ1v) is 29.1. The van der Waals surface area contributed by atoms with E-state index in [1.165, 1.54) is 110 Å². The number of anilines is 6. The van der Waals surface area contributed by atoms with Crippen molar-refractivity contribution in [1.82, 2.24) is 0 Å². The molecule has 0 saturated heterocycles. The average molecular weight is 869 g/mol. The summed E-state index contributed by atoms with van der Waals surface area (Å²) >= 11 is 0. The van der Waals surface area contributed by atoms with Crippen LogP contribution in [-0.4, -0.2) is 16.1 Å². The Labute approximate surface area is 385 Å². The van der Waals surface area contributed by atoms with Crippen molar-refractivity contribution in [3.05, 3.63) is 216 Å². The first-order valence-electron chi connectivity index (χ1n) is 23.1. The molecule has 3 aliphatic rings. The van der Waals surface area contributed by atoms with Crippen molar-refractivity contribution in [3.63, 3.8) is 0 Å². The Kier molecular flexibility index (Phi) is 8.84. The SMILES string of the molecule is CC1(C)c2cc(C=Cc3ccc(-c4ccc(N5c6ccccc6[Si](C)(C)c6ccccc65)c5ccccc45)cc3)ccc2-c2ccc(N3c4ccccc4[Si](C)(C)c4ccccc43)cc21. The topological polar surface area (TPSA) is 6.48 Å². The van der Waals surface area contributed by atoms with Crippen LogP contribution >= 0.6 is 0 Å². The summed E-state index contributed by atoms with van der Waals surface area (Å²) in [5.41, 5.74) is 17.9. The average Bonchev–Trinajstić information content (AvgIpc) is 3.56. The Bertz CT molecular complexity index is 3330. The summed E-state index contributed by atoms with van der Waals surface area (Å²) in [5.74, 6) is 0. The molecule has 0 radical (unpaired) electrons. The molecule has 0 amide bonds. The molecule has 65 heavy (non-hydrogen) atoms. The van der Waals surface area contributed by atoms with Crippen LogP contribution in [0.15, 0.2) is 194 Å². The molecular weight excluding hydrogens is 817 g/mol. The summed E-state index contributed by atoms with van der Waals surface area (Å²) < 4.78 is 0. The van der Waals surface area contributed by atoms with Crippen molar-refractivity contribution >= 4 is 93.9 Å². The zero-order chi connectivity index (χ0) is 44.2. The first kappa shape index (κ1) is 39.6. The molecule has 2 aliphatic heterocycles. The van der Waals surface area contributed by atoms with E-state index in [1.807, 2.05) is 0 Å². The van der Waals surface area contributed by atoms with Crippen molar-refractivity contribution in [2.75, 3.05) is 9.80 Å². The second kappa shape index (κ2) is 14.5. The van der Waals surface area contributed by atoms with E-state index in [9.17, 15) is 0 Å². The molecule has 0 saturated carbocycles. The fourth-order valence-corrected chi connectivity index (χ4v) is 17.5. The summed E-state index contributed by atoms with van der Waals surface area (Å²) in [7, 11) is -3.73. The molecule has 1 aliphatic carbocycles. The third kappa shape index (κ3) is 5.97. The lowest BCUT2D eigenvalue weighted by Crippen LogP contribution is -2.58. The van der Waals surface area contributed by atoms with Crippen molar-refractivity contribution in [3.8, 4) is 22.3 Å². The minimum absolute atomic E-state index is 0.146. The molecule has 0 atom stereocenters. The van der Waals surface area contributed by atoms with Crippen molar-refractivity contribution in [1.29, 1.82) is 0 Å². The van der Waals surface area contributed by atoms with Gasteiger partial charge in [0.15, 0.2) is 0 Å². The Morgan fingerprint density at radius 3 is 1.37 bits per heavy atom. The van der Waals surface area contributed by atoms with Crippen LogP contribution < -0.4 is 30.5 Å². The van der Waals surface area contributed by atoms with Gasteiger partial charge in [0.25, 0.3) is 0 Å². The van der Waals surface area contributed by atoms with Gasteiger partial charge in [0.05, 0.1) is 5.69 Å². The second-order valence-corrected chi connectivity index (χ2v) is 28.4. The third-order valence-corrected chi connectivity index (χ3v) is 22.1. The minimum Gasteiger partial charge on any atom is -0.311 e. The monoisotopic (exact) mass is 868 g/mol. The molecule has 0 unspecified atom stereocenters. The van der Waals surface area contributed by atoms with Crippen molar-refractivity contribution < 1.29 is 0 Å². The lowest BCUT2D eigenvalue weighted by Gasteiger charge is -2.41. The maximum atomic E-state index is 2.51. The van der Waals surface area contributed by atoms with E-state index < -0.39 is 16.1 Å². The predicted molar refractivity (Wildman–Crippen MR) is 285 cm³/mol. The highest BCUT2D eigenvalue weighted by Gasteiger charge is 2.41. The van der Waals surface area contributed by atoms with Crippen LogP contribution in [0, 0.1) is 0 Å². The molecule has 0 spiro atoms. The van der Waals surface area contributed by atoms with E-state index in [0.717, 1.165) is 0 Å². The fourth-order valence-electron chi connectivity index (χ4n) is 11.6.